The largest absolute Gasteiger partial charge is 0.192 e. The summed E-state index contributed by atoms with van der Waals surface area (Å²) >= 11 is 0. The van der Waals surface area contributed by atoms with E-state index in [0.29, 0.717) is 0 Å². The second-order valence-electron chi connectivity index (χ2n) is 2.49. The SMILES string of the molecule is Cc1cc([SiH3])cc(C#N)c1. The summed E-state index contributed by atoms with van der Waals surface area (Å²) in [5, 5.41) is 9.84. The highest BCUT2D eigenvalue weighted by atomic mass is 28.1. The van der Waals surface area contributed by atoms with Crippen molar-refractivity contribution in [2.24, 2.45) is 0 Å². The Bertz CT molecular complexity index is 266. The molecule has 0 saturated carbocycles. The lowest BCUT2D eigenvalue weighted by Crippen LogP contribution is -2.02. The lowest BCUT2D eigenvalue weighted by atomic mass is 10.2. The zero-order valence-corrected chi connectivity index (χ0v) is 8.18. The minimum absolute atomic E-state index is 0.782. The predicted octanol–water partition coefficient (Wildman–Crippen LogP) is -0.143. The van der Waals surface area contributed by atoms with Crippen LogP contribution in [0.3, 0.4) is 0 Å². The van der Waals surface area contributed by atoms with Gasteiger partial charge in [-0.1, -0.05) is 11.3 Å². The fourth-order valence-corrected chi connectivity index (χ4v) is 1.81. The van der Waals surface area contributed by atoms with E-state index in [9.17, 15) is 0 Å². The third-order valence-electron chi connectivity index (χ3n) is 1.35. The molecule has 0 fully saturated rings. The number of nitrogens with zero attached hydrogens (tertiary/aromatic N) is 1. The van der Waals surface area contributed by atoms with Gasteiger partial charge in [0.15, 0.2) is 0 Å². The van der Waals surface area contributed by atoms with E-state index in [-0.39, 0.29) is 0 Å². The molecule has 0 amide bonds. The van der Waals surface area contributed by atoms with E-state index < -0.39 is 0 Å². The third-order valence-corrected chi connectivity index (χ3v) is 1.93. The van der Waals surface area contributed by atoms with Gasteiger partial charge in [0, 0.05) is 10.2 Å². The van der Waals surface area contributed by atoms with Crippen LogP contribution < -0.4 is 5.19 Å². The zero-order valence-electron chi connectivity index (χ0n) is 6.18. The quantitative estimate of drug-likeness (QED) is 0.468. The summed E-state index contributed by atoms with van der Waals surface area (Å²) in [6, 6.07) is 8.10. The van der Waals surface area contributed by atoms with Crippen molar-refractivity contribution in [3.8, 4) is 6.07 Å². The van der Waals surface area contributed by atoms with Crippen LogP contribution in [0.2, 0.25) is 0 Å². The maximum absolute atomic E-state index is 8.55. The lowest BCUT2D eigenvalue weighted by Gasteiger charge is -1.95. The van der Waals surface area contributed by atoms with Gasteiger partial charge in [-0.25, -0.2) is 0 Å². The summed E-state index contributed by atoms with van der Waals surface area (Å²) in [6.07, 6.45) is 0. The average molecular weight is 147 g/mol. The van der Waals surface area contributed by atoms with Crippen LogP contribution in [0.4, 0.5) is 0 Å². The van der Waals surface area contributed by atoms with Crippen molar-refractivity contribution in [3.05, 3.63) is 29.3 Å². The van der Waals surface area contributed by atoms with Gasteiger partial charge < -0.3 is 0 Å². The Morgan fingerprint density at radius 2 is 2.10 bits per heavy atom. The van der Waals surface area contributed by atoms with E-state index in [1.54, 1.807) is 0 Å². The summed E-state index contributed by atoms with van der Waals surface area (Å²) in [4.78, 5) is 0. The number of hydrogen-bond donors (Lipinski definition) is 0. The highest BCUT2D eigenvalue weighted by Gasteiger charge is 1.91. The molecule has 0 aliphatic rings. The van der Waals surface area contributed by atoms with Crippen molar-refractivity contribution in [2.45, 2.75) is 6.92 Å². The number of nitriles is 1. The fraction of sp³-hybridized carbons (Fsp3) is 0.125. The van der Waals surface area contributed by atoms with E-state index in [1.807, 2.05) is 19.1 Å². The number of benzene rings is 1. The van der Waals surface area contributed by atoms with Crippen molar-refractivity contribution in [1.29, 1.82) is 5.26 Å². The number of rotatable bonds is 0. The molecule has 1 aromatic carbocycles. The predicted molar refractivity (Wildman–Crippen MR) is 45.5 cm³/mol. The highest BCUT2D eigenvalue weighted by Crippen LogP contribution is 1.98. The van der Waals surface area contributed by atoms with Crippen LogP contribution in [0.1, 0.15) is 11.1 Å². The average Bonchev–Trinajstić information content (AvgIpc) is 1.85. The zero-order chi connectivity index (χ0) is 7.56. The van der Waals surface area contributed by atoms with Gasteiger partial charge in [-0.2, -0.15) is 5.26 Å². The number of aryl methyl sites for hydroxylation is 1. The molecule has 0 saturated heterocycles. The van der Waals surface area contributed by atoms with Crippen LogP contribution in [-0.4, -0.2) is 10.2 Å². The Balaban J connectivity index is 3.22. The molecule has 2 heteroatoms. The maximum atomic E-state index is 8.55. The number of hydrogen-bond acceptors (Lipinski definition) is 1. The summed E-state index contributed by atoms with van der Waals surface area (Å²) in [7, 11) is 1.02. The van der Waals surface area contributed by atoms with Crippen molar-refractivity contribution < 1.29 is 0 Å². The van der Waals surface area contributed by atoms with Gasteiger partial charge >= 0.3 is 0 Å². The van der Waals surface area contributed by atoms with Crippen molar-refractivity contribution >= 4 is 15.4 Å². The van der Waals surface area contributed by atoms with Crippen LogP contribution >= 0.6 is 0 Å². The normalized spacial score (nSPS) is 9.20. The molecular weight excluding hydrogens is 138 g/mol. The molecule has 0 heterocycles. The molecule has 1 rings (SSSR count). The van der Waals surface area contributed by atoms with E-state index in [0.717, 1.165) is 15.8 Å². The third kappa shape index (κ3) is 1.46. The van der Waals surface area contributed by atoms with Gasteiger partial charge in [-0.15, -0.1) is 0 Å². The molecule has 0 spiro atoms. The summed E-state index contributed by atoms with van der Waals surface area (Å²) in [6.45, 7) is 2.02. The van der Waals surface area contributed by atoms with E-state index in [2.05, 4.69) is 12.1 Å². The Morgan fingerprint density at radius 1 is 1.40 bits per heavy atom. The first-order valence-electron chi connectivity index (χ1n) is 3.21. The molecular formula is C8H9NSi. The molecule has 0 radical (unpaired) electrons. The molecule has 1 aromatic rings. The summed E-state index contributed by atoms with van der Waals surface area (Å²) < 4.78 is 0. The van der Waals surface area contributed by atoms with E-state index in [4.69, 9.17) is 5.26 Å². The molecule has 0 aliphatic carbocycles. The molecule has 0 unspecified atom stereocenters. The summed E-state index contributed by atoms with van der Waals surface area (Å²) in [5.41, 5.74) is 1.97. The Kier molecular flexibility index (Phi) is 1.88. The molecule has 0 aromatic heterocycles. The Morgan fingerprint density at radius 3 is 2.60 bits per heavy atom. The van der Waals surface area contributed by atoms with Crippen LogP contribution in [0.15, 0.2) is 18.2 Å². The molecule has 50 valence electrons. The lowest BCUT2D eigenvalue weighted by molar-refractivity contribution is 1.44. The first-order valence-corrected chi connectivity index (χ1v) is 4.21. The highest BCUT2D eigenvalue weighted by molar-refractivity contribution is 6.32. The standard InChI is InChI=1S/C8H9NSi/c1-6-2-7(5-9)4-8(10)3-6/h2-4H,1,10H3. The second kappa shape index (κ2) is 2.67. The van der Waals surface area contributed by atoms with Crippen LogP contribution in [0.5, 0.6) is 0 Å². The van der Waals surface area contributed by atoms with Gasteiger partial charge in [-0.3, -0.25) is 0 Å². The minimum Gasteiger partial charge on any atom is -0.192 e. The molecule has 0 atom stereocenters. The second-order valence-corrected chi connectivity index (χ2v) is 3.64. The van der Waals surface area contributed by atoms with Crippen LogP contribution in [0.25, 0.3) is 0 Å². The Hall–Kier alpha value is -1.07. The Labute approximate surface area is 63.7 Å². The van der Waals surface area contributed by atoms with Crippen molar-refractivity contribution in [2.75, 3.05) is 0 Å². The first-order chi connectivity index (χ1) is 4.72. The molecule has 1 nitrogen and oxygen atoms in total. The van der Waals surface area contributed by atoms with Gasteiger partial charge in [0.05, 0.1) is 11.6 Å². The molecule has 0 aliphatic heterocycles. The smallest absolute Gasteiger partial charge is 0.0991 e. The van der Waals surface area contributed by atoms with Crippen molar-refractivity contribution in [1.82, 2.24) is 0 Å². The molecule has 10 heavy (non-hydrogen) atoms. The topological polar surface area (TPSA) is 23.8 Å². The maximum Gasteiger partial charge on any atom is 0.0991 e. The molecule has 0 N–H and O–H groups in total. The monoisotopic (exact) mass is 147 g/mol. The van der Waals surface area contributed by atoms with Gasteiger partial charge in [0.2, 0.25) is 0 Å². The van der Waals surface area contributed by atoms with E-state index >= 15 is 0 Å². The summed E-state index contributed by atoms with van der Waals surface area (Å²) in [5.74, 6) is 0. The van der Waals surface area contributed by atoms with Gasteiger partial charge in [-0.05, 0) is 24.6 Å². The van der Waals surface area contributed by atoms with Gasteiger partial charge in [0.1, 0.15) is 0 Å². The van der Waals surface area contributed by atoms with Crippen LogP contribution in [-0.2, 0) is 0 Å². The first kappa shape index (κ1) is 7.04. The van der Waals surface area contributed by atoms with Crippen LogP contribution in [0, 0.1) is 18.3 Å². The molecule has 0 bridgehead atoms. The minimum atomic E-state index is 0.782. The van der Waals surface area contributed by atoms with E-state index in [1.165, 1.54) is 10.8 Å². The van der Waals surface area contributed by atoms with Gasteiger partial charge in [0.25, 0.3) is 0 Å². The fourth-order valence-electron chi connectivity index (χ4n) is 1.04. The van der Waals surface area contributed by atoms with Crippen molar-refractivity contribution in [3.63, 3.8) is 0 Å².